The number of diazo groups is 1. The molecule has 1 N–H and O–H groups in total. The Morgan fingerprint density at radius 1 is 1.46 bits per heavy atom. The van der Waals surface area contributed by atoms with Gasteiger partial charge in [0, 0.05) is 6.26 Å². The zero-order chi connectivity index (χ0) is 10.1. The van der Waals surface area contributed by atoms with E-state index in [1.165, 1.54) is 6.07 Å². The predicted molar refractivity (Wildman–Crippen MR) is 46.0 cm³/mol. The molecule has 0 heterocycles. The van der Waals surface area contributed by atoms with Crippen LogP contribution in [-0.2, 0) is 9.84 Å². The number of phenolic OH excluding ortho intramolecular Hbond substituents is 1. The van der Waals surface area contributed by atoms with Crippen LogP contribution in [0.1, 0.15) is 0 Å². The smallest absolute Gasteiger partial charge is 0.427 e. The first-order chi connectivity index (χ1) is 5.95. The Kier molecular flexibility index (Phi) is 2.21. The van der Waals surface area contributed by atoms with E-state index >= 15 is 0 Å². The fraction of sp³-hybridized carbons (Fsp3) is 0.143. The lowest BCUT2D eigenvalue weighted by Gasteiger charge is -1.94. The molecule has 0 fully saturated rings. The van der Waals surface area contributed by atoms with Crippen molar-refractivity contribution in [1.29, 1.82) is 5.39 Å². The van der Waals surface area contributed by atoms with Crippen LogP contribution < -0.4 is 0 Å². The van der Waals surface area contributed by atoms with Crippen LogP contribution in [0.15, 0.2) is 23.1 Å². The summed E-state index contributed by atoms with van der Waals surface area (Å²) in [4.78, 5) is 2.73. The van der Waals surface area contributed by atoms with Crippen LogP contribution in [0.25, 0.3) is 4.98 Å². The molecule has 0 aliphatic rings. The van der Waals surface area contributed by atoms with Crippen LogP contribution >= 0.6 is 0 Å². The first-order valence-corrected chi connectivity index (χ1v) is 5.22. The van der Waals surface area contributed by atoms with Gasteiger partial charge < -0.3 is 5.11 Å². The van der Waals surface area contributed by atoms with Gasteiger partial charge in [0.05, 0.1) is 11.0 Å². The molecule has 0 atom stereocenters. The van der Waals surface area contributed by atoms with Crippen molar-refractivity contribution in [3.63, 3.8) is 0 Å². The maximum Gasteiger partial charge on any atom is 0.427 e. The van der Waals surface area contributed by atoms with Gasteiger partial charge in [0.15, 0.2) is 14.8 Å². The van der Waals surface area contributed by atoms with Crippen molar-refractivity contribution in [1.82, 2.24) is 0 Å². The zero-order valence-electron chi connectivity index (χ0n) is 6.80. The Bertz CT molecular complexity index is 473. The van der Waals surface area contributed by atoms with Crippen LogP contribution in [0.4, 0.5) is 5.69 Å². The van der Waals surface area contributed by atoms with Gasteiger partial charge in [0.2, 0.25) is 11.1 Å². The molecule has 0 aliphatic carbocycles. The average molecular weight is 199 g/mol. The molecule has 0 bridgehead atoms. The summed E-state index contributed by atoms with van der Waals surface area (Å²) in [5, 5.41) is 17.4. The largest absolute Gasteiger partial charge is 0.501 e. The Balaban J connectivity index is 3.41. The van der Waals surface area contributed by atoms with Crippen LogP contribution in [-0.4, -0.2) is 19.8 Å². The molecular weight excluding hydrogens is 192 g/mol. The number of benzene rings is 1. The normalized spacial score (nSPS) is 10.8. The summed E-state index contributed by atoms with van der Waals surface area (Å²) in [5.41, 5.74) is -0.164. The molecule has 0 unspecified atom stereocenters. The summed E-state index contributed by atoms with van der Waals surface area (Å²) in [7, 11) is -3.33. The second kappa shape index (κ2) is 3.03. The third-order valence-corrected chi connectivity index (χ3v) is 2.59. The number of aromatic hydroxyl groups is 1. The molecule has 68 valence electrons. The summed E-state index contributed by atoms with van der Waals surface area (Å²) in [5.74, 6) is -0.269. The summed E-state index contributed by atoms with van der Waals surface area (Å²) in [6.07, 6.45) is 1.03. The van der Waals surface area contributed by atoms with Crippen molar-refractivity contribution >= 4 is 15.5 Å². The summed E-state index contributed by atoms with van der Waals surface area (Å²) < 4.78 is 22.0. The number of sulfone groups is 1. The zero-order valence-corrected chi connectivity index (χ0v) is 7.61. The van der Waals surface area contributed by atoms with Crippen LogP contribution in [0.3, 0.4) is 0 Å². The second-order valence-electron chi connectivity index (χ2n) is 2.52. The molecular formula is C7H7N2O3S+. The minimum atomic E-state index is -3.33. The molecule has 1 aromatic rings. The van der Waals surface area contributed by atoms with Crippen LogP contribution in [0.5, 0.6) is 5.75 Å². The van der Waals surface area contributed by atoms with Gasteiger partial charge in [-0.2, -0.15) is 0 Å². The van der Waals surface area contributed by atoms with E-state index in [9.17, 15) is 8.42 Å². The standard InChI is InChI=1S/C7H6N2O3S/c1-13(11,12)5-2-3-7(10)6(4-5)9-8/h2-4H,1H3/p+1. The van der Waals surface area contributed by atoms with Crippen molar-refractivity contribution in [2.75, 3.05) is 6.26 Å². The van der Waals surface area contributed by atoms with Gasteiger partial charge in [-0.05, 0) is 12.1 Å². The minimum Gasteiger partial charge on any atom is -0.501 e. The van der Waals surface area contributed by atoms with Gasteiger partial charge in [-0.25, -0.2) is 8.42 Å². The van der Waals surface area contributed by atoms with Gasteiger partial charge in [0.1, 0.15) is 0 Å². The van der Waals surface area contributed by atoms with E-state index < -0.39 is 9.84 Å². The second-order valence-corrected chi connectivity index (χ2v) is 4.54. The van der Waals surface area contributed by atoms with E-state index in [1.807, 2.05) is 0 Å². The lowest BCUT2D eigenvalue weighted by Crippen LogP contribution is -1.95. The topological polar surface area (TPSA) is 82.5 Å². The monoisotopic (exact) mass is 199 g/mol. The molecule has 0 radical (unpaired) electrons. The van der Waals surface area contributed by atoms with Crippen LogP contribution in [0.2, 0.25) is 0 Å². The average Bonchev–Trinajstić information content (AvgIpc) is 2.03. The minimum absolute atomic E-state index is 0.00176. The fourth-order valence-electron chi connectivity index (χ4n) is 0.814. The number of hydrogen-bond donors (Lipinski definition) is 1. The summed E-state index contributed by atoms with van der Waals surface area (Å²) in [6, 6.07) is 3.48. The Morgan fingerprint density at radius 2 is 2.08 bits per heavy atom. The van der Waals surface area contributed by atoms with Crippen molar-refractivity contribution in [3.8, 4) is 5.75 Å². The highest BCUT2D eigenvalue weighted by Gasteiger charge is 2.17. The summed E-state index contributed by atoms with van der Waals surface area (Å²) >= 11 is 0. The molecule has 0 aromatic heterocycles. The van der Waals surface area contributed by atoms with Gasteiger partial charge in [-0.1, -0.05) is 0 Å². The molecule has 0 saturated carbocycles. The van der Waals surface area contributed by atoms with E-state index in [0.29, 0.717) is 0 Å². The number of phenols is 1. The van der Waals surface area contributed by atoms with E-state index in [-0.39, 0.29) is 16.3 Å². The highest BCUT2D eigenvalue weighted by atomic mass is 32.2. The predicted octanol–water partition coefficient (Wildman–Crippen LogP) is 1.28. The van der Waals surface area contributed by atoms with Crippen molar-refractivity contribution in [2.24, 2.45) is 0 Å². The Morgan fingerprint density at radius 3 is 2.54 bits per heavy atom. The van der Waals surface area contributed by atoms with E-state index in [0.717, 1.165) is 18.4 Å². The first-order valence-electron chi connectivity index (χ1n) is 3.33. The third kappa shape index (κ3) is 1.95. The van der Waals surface area contributed by atoms with Crippen LogP contribution in [0, 0.1) is 5.39 Å². The lowest BCUT2D eigenvalue weighted by atomic mass is 10.3. The highest BCUT2D eigenvalue weighted by molar-refractivity contribution is 7.90. The highest BCUT2D eigenvalue weighted by Crippen LogP contribution is 2.28. The summed E-state index contributed by atoms with van der Waals surface area (Å²) in [6.45, 7) is 0. The third-order valence-electron chi connectivity index (χ3n) is 1.48. The number of nitrogens with zero attached hydrogens (tertiary/aromatic N) is 2. The van der Waals surface area contributed by atoms with Crippen molar-refractivity contribution < 1.29 is 13.5 Å². The maximum absolute atomic E-state index is 11.0. The number of hydrogen-bond acceptors (Lipinski definition) is 4. The van der Waals surface area contributed by atoms with Gasteiger partial charge >= 0.3 is 5.69 Å². The van der Waals surface area contributed by atoms with Crippen molar-refractivity contribution in [3.05, 3.63) is 23.2 Å². The fourth-order valence-corrected chi connectivity index (χ4v) is 1.45. The molecule has 5 nitrogen and oxygen atoms in total. The molecule has 0 saturated heterocycles. The van der Waals surface area contributed by atoms with Gasteiger partial charge in [0.25, 0.3) is 0 Å². The molecule has 0 spiro atoms. The van der Waals surface area contributed by atoms with Gasteiger partial charge in [-0.3, -0.25) is 0 Å². The number of rotatable bonds is 1. The molecule has 0 amide bonds. The Labute approximate surface area is 75.2 Å². The maximum atomic E-state index is 11.0. The lowest BCUT2D eigenvalue weighted by molar-refractivity contribution is 0.478. The van der Waals surface area contributed by atoms with Crippen molar-refractivity contribution in [2.45, 2.75) is 4.90 Å². The van der Waals surface area contributed by atoms with E-state index in [1.54, 1.807) is 0 Å². The molecule has 0 aliphatic heterocycles. The van der Waals surface area contributed by atoms with Gasteiger partial charge in [-0.15, -0.1) is 0 Å². The first kappa shape index (κ1) is 9.48. The SMILES string of the molecule is CS(=O)(=O)c1ccc(O)c([N+]#N)c1. The van der Waals surface area contributed by atoms with E-state index in [4.69, 9.17) is 10.5 Å². The van der Waals surface area contributed by atoms with E-state index in [2.05, 4.69) is 4.98 Å². The Hall–Kier alpha value is -1.61. The molecule has 1 rings (SSSR count). The molecule has 13 heavy (non-hydrogen) atoms. The quantitative estimate of drug-likeness (QED) is 0.690. The molecule has 1 aromatic carbocycles. The molecule has 6 heteroatoms.